The van der Waals surface area contributed by atoms with Gasteiger partial charge in [-0.1, -0.05) is 0 Å². The fraction of sp³-hybridized carbons (Fsp3) is 0.765. The zero-order chi connectivity index (χ0) is 39.5. The third-order valence-corrected chi connectivity index (χ3v) is 6.31. The van der Waals surface area contributed by atoms with Gasteiger partial charge in [0.25, 0.3) is 0 Å². The molecule has 0 saturated carbocycles. The predicted octanol–water partition coefficient (Wildman–Crippen LogP) is 2.81. The molecule has 0 spiro atoms. The van der Waals surface area contributed by atoms with E-state index >= 15 is 0 Å². The minimum atomic E-state index is -2.35. The SMILES string of the molecule is CCOC(=O)CCOCCOCCOCCOCCOCCOCCOCCOCCOCCOCCOCCC(=O)Oc1c(F)c(F)c(F)c(F)c1F. The first-order valence-corrected chi connectivity index (χ1v) is 17.5. The van der Waals surface area contributed by atoms with E-state index in [0.717, 1.165) is 0 Å². The summed E-state index contributed by atoms with van der Waals surface area (Å²) in [5.74, 6) is -14.4. The van der Waals surface area contributed by atoms with E-state index in [-0.39, 0.29) is 38.8 Å². The van der Waals surface area contributed by atoms with E-state index in [4.69, 9.17) is 56.8 Å². The molecule has 1 aromatic rings. The van der Waals surface area contributed by atoms with Gasteiger partial charge in [0.2, 0.25) is 34.8 Å². The van der Waals surface area contributed by atoms with E-state index in [1.165, 1.54) is 0 Å². The van der Waals surface area contributed by atoms with Crippen LogP contribution in [0.5, 0.6) is 5.75 Å². The lowest BCUT2D eigenvalue weighted by atomic mass is 10.2. The smallest absolute Gasteiger partial charge is 0.313 e. The van der Waals surface area contributed by atoms with Crippen molar-refractivity contribution in [3.8, 4) is 5.75 Å². The molecule has 314 valence electrons. The molecule has 0 heterocycles. The third-order valence-electron chi connectivity index (χ3n) is 6.31. The number of carbonyl (C=O) groups excluding carboxylic acids is 2. The van der Waals surface area contributed by atoms with E-state index in [9.17, 15) is 31.5 Å². The number of hydrogen-bond donors (Lipinski definition) is 0. The van der Waals surface area contributed by atoms with E-state index < -0.39 is 47.2 Å². The highest BCUT2D eigenvalue weighted by molar-refractivity contribution is 5.72. The molecule has 54 heavy (non-hydrogen) atoms. The molecule has 0 aliphatic rings. The molecule has 20 heteroatoms. The summed E-state index contributed by atoms with van der Waals surface area (Å²) in [6.45, 7) is 9.75. The van der Waals surface area contributed by atoms with Crippen molar-refractivity contribution in [2.24, 2.45) is 0 Å². The van der Waals surface area contributed by atoms with Crippen LogP contribution in [0.25, 0.3) is 0 Å². The average molecular weight is 797 g/mol. The van der Waals surface area contributed by atoms with Crippen molar-refractivity contribution in [3.05, 3.63) is 29.1 Å². The molecule has 0 saturated heterocycles. The maximum Gasteiger partial charge on any atom is 0.313 e. The van der Waals surface area contributed by atoms with Gasteiger partial charge in [0.05, 0.1) is 165 Å². The van der Waals surface area contributed by atoms with Crippen LogP contribution in [0, 0.1) is 29.1 Å². The molecule has 0 unspecified atom stereocenters. The standard InChI is InChI=1S/C34H53F5O15/c1-2-53-27(40)3-5-42-7-9-44-11-13-46-15-17-48-19-21-50-23-25-52-26-24-51-22-20-49-18-16-47-14-12-45-10-8-43-6-4-28(41)54-34-32(38)30(36)29(35)31(37)33(34)39/h2-26H2,1H3. The second kappa shape index (κ2) is 34.8. The summed E-state index contributed by atoms with van der Waals surface area (Å²) in [5.41, 5.74) is 0. The van der Waals surface area contributed by atoms with Gasteiger partial charge >= 0.3 is 11.9 Å². The summed E-state index contributed by atoms with van der Waals surface area (Å²) in [6, 6.07) is 0. The van der Waals surface area contributed by atoms with Crippen LogP contribution in [0.15, 0.2) is 0 Å². The van der Waals surface area contributed by atoms with Gasteiger partial charge in [0, 0.05) is 0 Å². The Morgan fingerprint density at radius 3 is 0.833 bits per heavy atom. The quantitative estimate of drug-likeness (QED) is 0.0241. The van der Waals surface area contributed by atoms with Crippen molar-refractivity contribution < 1.29 is 93.1 Å². The van der Waals surface area contributed by atoms with Gasteiger partial charge in [-0.15, -0.1) is 0 Å². The fourth-order valence-corrected chi connectivity index (χ4v) is 3.68. The summed E-state index contributed by atoms with van der Waals surface area (Å²) in [6.07, 6.45) is -0.259. The Kier molecular flexibility index (Phi) is 31.9. The summed E-state index contributed by atoms with van der Waals surface area (Å²) < 4.78 is 134. The molecular formula is C34H53F5O15. The minimum Gasteiger partial charge on any atom is -0.466 e. The Morgan fingerprint density at radius 1 is 0.352 bits per heavy atom. The highest BCUT2D eigenvalue weighted by atomic mass is 19.2. The molecule has 0 aliphatic heterocycles. The molecule has 0 aliphatic carbocycles. The first kappa shape index (κ1) is 49.4. The highest BCUT2D eigenvalue weighted by Crippen LogP contribution is 2.29. The average Bonchev–Trinajstić information content (AvgIpc) is 3.16. The van der Waals surface area contributed by atoms with Crippen LogP contribution in [0.3, 0.4) is 0 Å². The number of halogens is 5. The van der Waals surface area contributed by atoms with Gasteiger partial charge in [-0.2, -0.15) is 8.78 Å². The van der Waals surface area contributed by atoms with Gasteiger partial charge in [-0.25, -0.2) is 13.2 Å². The maximum atomic E-state index is 13.5. The summed E-state index contributed by atoms with van der Waals surface area (Å²) in [5, 5.41) is 0. The minimum absolute atomic E-state index is 0.0750. The van der Waals surface area contributed by atoms with Gasteiger partial charge in [-0.3, -0.25) is 9.59 Å². The molecule has 1 aromatic carbocycles. The summed E-state index contributed by atoms with van der Waals surface area (Å²) in [7, 11) is 0. The lowest BCUT2D eigenvalue weighted by molar-refractivity contribution is -0.144. The van der Waals surface area contributed by atoms with Crippen molar-refractivity contribution in [2.45, 2.75) is 19.8 Å². The van der Waals surface area contributed by atoms with Gasteiger partial charge < -0.3 is 61.6 Å². The molecule has 0 fully saturated rings. The van der Waals surface area contributed by atoms with E-state index in [0.29, 0.717) is 126 Å². The Labute approximate surface area is 311 Å². The van der Waals surface area contributed by atoms with Crippen molar-refractivity contribution in [3.63, 3.8) is 0 Å². The second-order valence-electron chi connectivity index (χ2n) is 10.4. The van der Waals surface area contributed by atoms with Crippen molar-refractivity contribution in [1.29, 1.82) is 0 Å². The van der Waals surface area contributed by atoms with Gasteiger partial charge in [0.1, 0.15) is 0 Å². The molecule has 15 nitrogen and oxygen atoms in total. The van der Waals surface area contributed by atoms with Gasteiger partial charge in [-0.05, 0) is 6.92 Å². The largest absolute Gasteiger partial charge is 0.466 e. The van der Waals surface area contributed by atoms with E-state index in [2.05, 4.69) is 4.74 Å². The van der Waals surface area contributed by atoms with Gasteiger partial charge in [0.15, 0.2) is 0 Å². The number of benzene rings is 1. The summed E-state index contributed by atoms with van der Waals surface area (Å²) in [4.78, 5) is 22.8. The number of carbonyl (C=O) groups is 2. The van der Waals surface area contributed by atoms with Crippen LogP contribution in [-0.4, -0.2) is 164 Å². The Hall–Kier alpha value is -2.63. The zero-order valence-corrected chi connectivity index (χ0v) is 30.7. The fourth-order valence-electron chi connectivity index (χ4n) is 3.68. The number of ether oxygens (including phenoxy) is 13. The first-order chi connectivity index (χ1) is 26.3. The Morgan fingerprint density at radius 2 is 0.574 bits per heavy atom. The van der Waals surface area contributed by atoms with Crippen LogP contribution in [0.4, 0.5) is 22.0 Å². The van der Waals surface area contributed by atoms with Crippen molar-refractivity contribution >= 4 is 11.9 Å². The molecule has 0 amide bonds. The normalized spacial score (nSPS) is 11.4. The summed E-state index contributed by atoms with van der Waals surface area (Å²) >= 11 is 0. The topological polar surface area (TPSA) is 154 Å². The third kappa shape index (κ3) is 26.2. The van der Waals surface area contributed by atoms with Crippen LogP contribution in [0.2, 0.25) is 0 Å². The van der Waals surface area contributed by atoms with E-state index in [1.807, 2.05) is 0 Å². The molecule has 0 aromatic heterocycles. The monoisotopic (exact) mass is 796 g/mol. The first-order valence-electron chi connectivity index (χ1n) is 17.5. The lowest BCUT2D eigenvalue weighted by Gasteiger charge is -2.09. The number of rotatable bonds is 38. The van der Waals surface area contributed by atoms with Crippen LogP contribution in [0.1, 0.15) is 19.8 Å². The molecular weight excluding hydrogens is 743 g/mol. The molecule has 0 atom stereocenters. The van der Waals surface area contributed by atoms with Crippen LogP contribution >= 0.6 is 0 Å². The highest BCUT2D eigenvalue weighted by Gasteiger charge is 2.28. The van der Waals surface area contributed by atoms with Crippen molar-refractivity contribution in [1.82, 2.24) is 0 Å². The second-order valence-corrected chi connectivity index (χ2v) is 10.4. The maximum absolute atomic E-state index is 13.5. The molecule has 1 rings (SSSR count). The molecule has 0 radical (unpaired) electrons. The Balaban J connectivity index is 1.72. The van der Waals surface area contributed by atoms with Crippen molar-refractivity contribution in [2.75, 3.05) is 152 Å². The zero-order valence-electron chi connectivity index (χ0n) is 30.7. The number of hydrogen-bond acceptors (Lipinski definition) is 15. The number of esters is 2. The van der Waals surface area contributed by atoms with Crippen LogP contribution < -0.4 is 4.74 Å². The Bertz CT molecular complexity index is 1080. The van der Waals surface area contributed by atoms with Crippen LogP contribution in [-0.2, 0) is 66.4 Å². The molecule has 0 N–H and O–H groups in total. The lowest BCUT2D eigenvalue weighted by Crippen LogP contribution is -2.16. The van der Waals surface area contributed by atoms with E-state index in [1.54, 1.807) is 6.92 Å². The molecule has 0 bridgehead atoms. The predicted molar refractivity (Wildman–Crippen MR) is 177 cm³/mol.